The van der Waals surface area contributed by atoms with Crippen LogP contribution in [0, 0.1) is 5.41 Å². The van der Waals surface area contributed by atoms with E-state index in [1.165, 1.54) is 32.1 Å². The van der Waals surface area contributed by atoms with Gasteiger partial charge in [-0.05, 0) is 36.1 Å². The summed E-state index contributed by atoms with van der Waals surface area (Å²) in [5.74, 6) is 1.51. The molecule has 0 atom stereocenters. The summed E-state index contributed by atoms with van der Waals surface area (Å²) in [6.07, 6.45) is 8.28. The fraction of sp³-hybridized carbons (Fsp3) is 0.556. The summed E-state index contributed by atoms with van der Waals surface area (Å²) in [4.78, 5) is 9.90. The molecule has 0 radical (unpaired) electrons. The summed E-state index contributed by atoms with van der Waals surface area (Å²) >= 11 is 1.63. The molecule has 0 amide bonds. The van der Waals surface area contributed by atoms with E-state index < -0.39 is 0 Å². The van der Waals surface area contributed by atoms with Gasteiger partial charge in [0.05, 0.1) is 17.1 Å². The third-order valence-electron chi connectivity index (χ3n) is 4.99. The second-order valence-electron chi connectivity index (χ2n) is 6.46. The maximum atomic E-state index is 5.55. The quantitative estimate of drug-likeness (QED) is 0.363. The molecule has 2 aromatic rings. The minimum Gasteiger partial charge on any atom is -0.443 e. The highest BCUT2D eigenvalue weighted by atomic mass is 127. The molecule has 1 saturated carbocycles. The van der Waals surface area contributed by atoms with E-state index in [-0.39, 0.29) is 24.0 Å². The third-order valence-corrected chi connectivity index (χ3v) is 5.85. The molecule has 5 nitrogen and oxygen atoms in total. The number of hydrogen-bond acceptors (Lipinski definition) is 4. The van der Waals surface area contributed by atoms with Gasteiger partial charge in [-0.15, -0.1) is 35.3 Å². The van der Waals surface area contributed by atoms with Crippen LogP contribution in [0.1, 0.15) is 44.7 Å². The predicted octanol–water partition coefficient (Wildman–Crippen LogP) is 4.66. The van der Waals surface area contributed by atoms with Gasteiger partial charge in [-0.25, -0.2) is 4.98 Å². The average molecular weight is 474 g/mol. The SMILES string of the molecule is CCC1(CNC(=NC)NCc2coc(-c3cccs3)n2)CCCC1.I. The second kappa shape index (κ2) is 9.56. The molecule has 0 bridgehead atoms. The van der Waals surface area contributed by atoms with E-state index in [0.717, 1.165) is 23.1 Å². The molecule has 25 heavy (non-hydrogen) atoms. The summed E-state index contributed by atoms with van der Waals surface area (Å²) in [7, 11) is 1.81. The lowest BCUT2D eigenvalue weighted by atomic mass is 9.83. The highest BCUT2D eigenvalue weighted by Gasteiger charge is 2.31. The monoisotopic (exact) mass is 474 g/mol. The van der Waals surface area contributed by atoms with E-state index in [0.29, 0.717) is 17.9 Å². The fourth-order valence-corrected chi connectivity index (χ4v) is 4.00. The third kappa shape index (κ3) is 5.20. The van der Waals surface area contributed by atoms with Crippen LogP contribution in [-0.4, -0.2) is 24.5 Å². The molecule has 0 aliphatic heterocycles. The first-order valence-electron chi connectivity index (χ1n) is 8.67. The Labute approximate surface area is 170 Å². The number of thiophene rings is 1. The molecule has 3 rings (SSSR count). The topological polar surface area (TPSA) is 62.5 Å². The summed E-state index contributed by atoms with van der Waals surface area (Å²) in [6.45, 7) is 3.89. The van der Waals surface area contributed by atoms with Crippen LogP contribution in [0.2, 0.25) is 0 Å². The summed E-state index contributed by atoms with van der Waals surface area (Å²) in [5.41, 5.74) is 1.32. The maximum Gasteiger partial charge on any atom is 0.236 e. The predicted molar refractivity (Wildman–Crippen MR) is 115 cm³/mol. The van der Waals surface area contributed by atoms with Crippen LogP contribution in [0.4, 0.5) is 0 Å². The molecule has 0 aromatic carbocycles. The average Bonchev–Trinajstić information content (AvgIpc) is 3.36. The summed E-state index contributed by atoms with van der Waals surface area (Å²) in [5, 5.41) is 8.84. The molecule has 1 aliphatic carbocycles. The number of oxazole rings is 1. The Kier molecular flexibility index (Phi) is 7.74. The van der Waals surface area contributed by atoms with Gasteiger partial charge in [0.2, 0.25) is 5.89 Å². The van der Waals surface area contributed by atoms with Crippen LogP contribution in [0.5, 0.6) is 0 Å². The molecular formula is C18H27IN4OS. The van der Waals surface area contributed by atoms with Crippen LogP contribution in [0.3, 0.4) is 0 Å². The smallest absolute Gasteiger partial charge is 0.236 e. The molecule has 138 valence electrons. The van der Waals surface area contributed by atoms with Crippen molar-refractivity contribution in [3.8, 4) is 10.8 Å². The standard InChI is InChI=1S/C18H26N4OS.HI/c1-3-18(8-4-5-9-18)13-21-17(19-2)20-11-14-12-23-16(22-14)15-7-6-10-24-15;/h6-7,10,12H,3-5,8-9,11,13H2,1-2H3,(H2,19,20,21);1H. The molecule has 2 aromatic heterocycles. The van der Waals surface area contributed by atoms with E-state index in [1.54, 1.807) is 17.6 Å². The number of hydrogen-bond donors (Lipinski definition) is 2. The van der Waals surface area contributed by atoms with Crippen LogP contribution < -0.4 is 10.6 Å². The van der Waals surface area contributed by atoms with Crippen molar-refractivity contribution >= 4 is 41.3 Å². The molecule has 2 N–H and O–H groups in total. The number of aliphatic imine (C=N–C) groups is 1. The summed E-state index contributed by atoms with van der Waals surface area (Å²) < 4.78 is 5.55. The number of halogens is 1. The lowest BCUT2D eigenvalue weighted by Crippen LogP contribution is -2.42. The van der Waals surface area contributed by atoms with Crippen LogP contribution in [-0.2, 0) is 6.54 Å². The van der Waals surface area contributed by atoms with Crippen molar-refractivity contribution in [2.45, 2.75) is 45.6 Å². The lowest BCUT2D eigenvalue weighted by Gasteiger charge is -2.28. The number of nitrogens with zero attached hydrogens (tertiary/aromatic N) is 2. The minimum atomic E-state index is 0. The van der Waals surface area contributed by atoms with Crippen molar-refractivity contribution in [1.29, 1.82) is 0 Å². The Morgan fingerprint density at radius 3 is 2.80 bits per heavy atom. The summed E-state index contributed by atoms with van der Waals surface area (Å²) in [6, 6.07) is 4.01. The zero-order valence-electron chi connectivity index (χ0n) is 14.9. The van der Waals surface area contributed by atoms with E-state index in [1.807, 2.05) is 24.6 Å². The first-order valence-corrected chi connectivity index (χ1v) is 9.55. The maximum absolute atomic E-state index is 5.55. The van der Waals surface area contributed by atoms with Crippen LogP contribution in [0.25, 0.3) is 10.8 Å². The Balaban J connectivity index is 0.00000225. The van der Waals surface area contributed by atoms with Crippen LogP contribution >= 0.6 is 35.3 Å². The van der Waals surface area contributed by atoms with Crippen molar-refractivity contribution in [2.24, 2.45) is 10.4 Å². The first-order chi connectivity index (χ1) is 11.7. The van der Waals surface area contributed by atoms with E-state index in [2.05, 4.69) is 27.5 Å². The molecule has 2 heterocycles. The zero-order valence-corrected chi connectivity index (χ0v) is 18.0. The van der Waals surface area contributed by atoms with Crippen molar-refractivity contribution < 1.29 is 4.42 Å². The molecule has 0 saturated heterocycles. The highest BCUT2D eigenvalue weighted by molar-refractivity contribution is 14.0. The molecular weight excluding hydrogens is 447 g/mol. The van der Waals surface area contributed by atoms with Gasteiger partial charge >= 0.3 is 0 Å². The Hall–Kier alpha value is -1.09. The molecule has 0 unspecified atom stereocenters. The van der Waals surface area contributed by atoms with Crippen molar-refractivity contribution in [3.05, 3.63) is 29.5 Å². The normalized spacial score (nSPS) is 16.5. The van der Waals surface area contributed by atoms with Gasteiger partial charge in [-0.2, -0.15) is 0 Å². The van der Waals surface area contributed by atoms with Gasteiger partial charge in [-0.3, -0.25) is 4.99 Å². The first kappa shape index (κ1) is 20.2. The Morgan fingerprint density at radius 1 is 1.36 bits per heavy atom. The van der Waals surface area contributed by atoms with Gasteiger partial charge in [-0.1, -0.05) is 25.8 Å². The van der Waals surface area contributed by atoms with Crippen LogP contribution in [0.15, 0.2) is 33.2 Å². The largest absolute Gasteiger partial charge is 0.443 e. The number of aromatic nitrogens is 1. The van der Waals surface area contributed by atoms with Gasteiger partial charge in [0, 0.05) is 13.6 Å². The van der Waals surface area contributed by atoms with E-state index in [4.69, 9.17) is 4.42 Å². The zero-order chi connectivity index (χ0) is 16.8. The number of nitrogens with one attached hydrogen (secondary N) is 2. The minimum absolute atomic E-state index is 0. The van der Waals surface area contributed by atoms with Crippen molar-refractivity contribution in [2.75, 3.05) is 13.6 Å². The number of guanidine groups is 1. The van der Waals surface area contributed by atoms with Crippen molar-refractivity contribution in [1.82, 2.24) is 15.6 Å². The Morgan fingerprint density at radius 2 is 2.16 bits per heavy atom. The second-order valence-corrected chi connectivity index (χ2v) is 7.41. The van der Waals surface area contributed by atoms with Gasteiger partial charge in [0.25, 0.3) is 0 Å². The van der Waals surface area contributed by atoms with E-state index in [9.17, 15) is 0 Å². The molecule has 1 fully saturated rings. The number of rotatable bonds is 6. The van der Waals surface area contributed by atoms with Crippen molar-refractivity contribution in [3.63, 3.8) is 0 Å². The molecule has 1 aliphatic rings. The molecule has 7 heteroatoms. The molecule has 0 spiro atoms. The van der Waals surface area contributed by atoms with Gasteiger partial charge in [0.15, 0.2) is 5.96 Å². The Bertz CT molecular complexity index is 662. The highest BCUT2D eigenvalue weighted by Crippen LogP contribution is 2.40. The van der Waals surface area contributed by atoms with Gasteiger partial charge < -0.3 is 15.1 Å². The van der Waals surface area contributed by atoms with Gasteiger partial charge in [0.1, 0.15) is 6.26 Å². The van der Waals surface area contributed by atoms with E-state index >= 15 is 0 Å². The fourth-order valence-electron chi connectivity index (χ4n) is 3.35. The lowest BCUT2D eigenvalue weighted by molar-refractivity contribution is 0.283.